The summed E-state index contributed by atoms with van der Waals surface area (Å²) in [6, 6.07) is 17.5. The quantitative estimate of drug-likeness (QED) is 0.299. The number of nitrogens with zero attached hydrogens (tertiary/aromatic N) is 3. The summed E-state index contributed by atoms with van der Waals surface area (Å²) in [7, 11) is -3.86. The number of hydrogen-bond acceptors (Lipinski definition) is 9. The highest BCUT2D eigenvalue weighted by atomic mass is 32.2. The summed E-state index contributed by atoms with van der Waals surface area (Å²) in [4.78, 5) is 19.0. The molecule has 3 aromatic heterocycles. The first kappa shape index (κ1) is 23.1. The smallest absolute Gasteiger partial charge is 0.263 e. The van der Waals surface area contributed by atoms with Crippen LogP contribution < -0.4 is 10.5 Å². The van der Waals surface area contributed by atoms with E-state index in [1.165, 1.54) is 35.6 Å². The number of fused-ring (bicyclic) bond motifs is 1. The zero-order valence-corrected chi connectivity index (χ0v) is 21.1. The van der Waals surface area contributed by atoms with E-state index in [4.69, 9.17) is 10.7 Å². The molecule has 0 amide bonds. The van der Waals surface area contributed by atoms with Crippen molar-refractivity contribution in [3.63, 3.8) is 0 Å². The van der Waals surface area contributed by atoms with Crippen LogP contribution in [0.5, 0.6) is 0 Å². The van der Waals surface area contributed by atoms with E-state index in [9.17, 15) is 13.2 Å². The molecule has 3 heterocycles. The SMILES string of the molecule is Cc1ccc(-c2ccc3c(N)c(C(=O)c4ccc(S(=O)(=O)Nc5nnc(C)s5)cc4)sc3n2)cc1. The summed E-state index contributed by atoms with van der Waals surface area (Å²) >= 11 is 2.36. The van der Waals surface area contributed by atoms with Crippen LogP contribution >= 0.6 is 22.7 Å². The Labute approximate surface area is 209 Å². The third-order valence-corrected chi connectivity index (χ3v) is 8.67. The highest BCUT2D eigenvalue weighted by molar-refractivity contribution is 7.93. The van der Waals surface area contributed by atoms with Crippen LogP contribution in [0.2, 0.25) is 0 Å². The summed E-state index contributed by atoms with van der Waals surface area (Å²) in [6.45, 7) is 3.75. The lowest BCUT2D eigenvalue weighted by Crippen LogP contribution is -2.13. The van der Waals surface area contributed by atoms with E-state index in [0.717, 1.165) is 28.2 Å². The zero-order valence-electron chi connectivity index (χ0n) is 18.6. The van der Waals surface area contributed by atoms with E-state index < -0.39 is 10.0 Å². The Morgan fingerprint density at radius 2 is 1.63 bits per heavy atom. The van der Waals surface area contributed by atoms with Crippen molar-refractivity contribution in [1.82, 2.24) is 15.2 Å². The molecular weight excluding hydrogens is 502 g/mol. The average Bonchev–Trinajstić information content (AvgIpc) is 3.40. The lowest BCUT2D eigenvalue weighted by atomic mass is 10.1. The van der Waals surface area contributed by atoms with Gasteiger partial charge in [0.05, 0.1) is 16.3 Å². The van der Waals surface area contributed by atoms with Crippen molar-refractivity contribution in [2.75, 3.05) is 10.5 Å². The van der Waals surface area contributed by atoms with E-state index in [0.29, 0.717) is 31.4 Å². The van der Waals surface area contributed by atoms with Crippen LogP contribution in [0.3, 0.4) is 0 Å². The number of carbonyl (C=O) groups is 1. The minimum Gasteiger partial charge on any atom is -0.397 e. The molecule has 176 valence electrons. The minimum atomic E-state index is -3.86. The highest BCUT2D eigenvalue weighted by Gasteiger charge is 2.21. The minimum absolute atomic E-state index is 0.00984. The van der Waals surface area contributed by atoms with Gasteiger partial charge < -0.3 is 5.73 Å². The van der Waals surface area contributed by atoms with Gasteiger partial charge in [0.2, 0.25) is 10.9 Å². The van der Waals surface area contributed by atoms with Crippen LogP contribution in [0.15, 0.2) is 65.6 Å². The topological polar surface area (TPSA) is 128 Å². The van der Waals surface area contributed by atoms with Crippen molar-refractivity contribution in [3.8, 4) is 11.3 Å². The molecule has 0 saturated carbocycles. The third kappa shape index (κ3) is 4.53. The van der Waals surface area contributed by atoms with Gasteiger partial charge in [0.1, 0.15) is 14.7 Å². The second-order valence-corrected chi connectivity index (χ2v) is 11.7. The maximum absolute atomic E-state index is 13.2. The van der Waals surface area contributed by atoms with Crippen LogP contribution in [0, 0.1) is 13.8 Å². The molecule has 0 unspecified atom stereocenters. The number of rotatable bonds is 6. The molecule has 0 bridgehead atoms. The van der Waals surface area contributed by atoms with E-state index in [2.05, 4.69) is 14.9 Å². The number of aromatic nitrogens is 3. The Morgan fingerprint density at radius 1 is 0.914 bits per heavy atom. The van der Waals surface area contributed by atoms with Gasteiger partial charge in [-0.3, -0.25) is 9.52 Å². The standard InChI is InChI=1S/C24H19N5O3S3/c1-13-3-5-15(6-4-13)19-12-11-18-20(25)22(34-23(18)26-19)21(30)16-7-9-17(10-8-16)35(31,32)29-24-28-27-14(2)33-24/h3-12H,25H2,1-2H3,(H,28,29). The summed E-state index contributed by atoms with van der Waals surface area (Å²) in [5.41, 5.74) is 9.93. The van der Waals surface area contributed by atoms with Gasteiger partial charge in [-0.15, -0.1) is 21.5 Å². The van der Waals surface area contributed by atoms with E-state index >= 15 is 0 Å². The van der Waals surface area contributed by atoms with Crippen molar-refractivity contribution < 1.29 is 13.2 Å². The predicted octanol–water partition coefficient (Wildman–Crippen LogP) is 5.05. The molecule has 2 aromatic carbocycles. The van der Waals surface area contributed by atoms with Crippen LogP contribution in [-0.2, 0) is 10.0 Å². The summed E-state index contributed by atoms with van der Waals surface area (Å²) in [5.74, 6) is -0.293. The lowest BCUT2D eigenvalue weighted by molar-refractivity contribution is 0.104. The normalized spacial score (nSPS) is 11.6. The predicted molar refractivity (Wildman–Crippen MR) is 140 cm³/mol. The number of thiophene rings is 1. The van der Waals surface area contributed by atoms with Gasteiger partial charge in [-0.05, 0) is 50.2 Å². The van der Waals surface area contributed by atoms with E-state index in [1.54, 1.807) is 6.92 Å². The molecule has 0 aliphatic rings. The number of nitrogens with one attached hydrogen (secondary N) is 1. The number of sulfonamides is 1. The number of ketones is 1. The fraction of sp³-hybridized carbons (Fsp3) is 0.0833. The number of benzene rings is 2. The number of anilines is 2. The van der Waals surface area contributed by atoms with Crippen LogP contribution in [-0.4, -0.2) is 29.4 Å². The molecule has 0 radical (unpaired) electrons. The number of nitrogen functional groups attached to an aromatic ring is 1. The summed E-state index contributed by atoms with van der Waals surface area (Å²) in [6.07, 6.45) is 0. The second-order valence-electron chi connectivity index (χ2n) is 7.85. The Kier molecular flexibility index (Phi) is 5.83. The molecule has 8 nitrogen and oxygen atoms in total. The number of carbonyl (C=O) groups excluding carboxylic acids is 1. The molecule has 11 heteroatoms. The largest absolute Gasteiger partial charge is 0.397 e. The molecule has 0 aliphatic heterocycles. The van der Waals surface area contributed by atoms with Gasteiger partial charge in [-0.1, -0.05) is 41.2 Å². The monoisotopic (exact) mass is 521 g/mol. The average molecular weight is 522 g/mol. The summed E-state index contributed by atoms with van der Waals surface area (Å²) in [5, 5.41) is 9.11. The van der Waals surface area contributed by atoms with Gasteiger partial charge in [0, 0.05) is 16.5 Å². The van der Waals surface area contributed by atoms with Gasteiger partial charge in [-0.2, -0.15) is 0 Å². The fourth-order valence-electron chi connectivity index (χ4n) is 3.48. The van der Waals surface area contributed by atoms with Crippen LogP contribution in [0.25, 0.3) is 21.5 Å². The molecular formula is C24H19N5O3S3. The number of hydrogen-bond donors (Lipinski definition) is 2. The van der Waals surface area contributed by atoms with Gasteiger partial charge in [0.15, 0.2) is 0 Å². The highest BCUT2D eigenvalue weighted by Crippen LogP contribution is 2.35. The maximum Gasteiger partial charge on any atom is 0.263 e. The van der Waals surface area contributed by atoms with Gasteiger partial charge in [0.25, 0.3) is 10.0 Å². The van der Waals surface area contributed by atoms with Gasteiger partial charge >= 0.3 is 0 Å². The maximum atomic E-state index is 13.2. The first-order valence-electron chi connectivity index (χ1n) is 10.4. The zero-order chi connectivity index (χ0) is 24.7. The molecule has 5 aromatic rings. The Bertz CT molecular complexity index is 1670. The molecule has 3 N–H and O–H groups in total. The molecule has 0 saturated heterocycles. The Balaban J connectivity index is 1.42. The van der Waals surface area contributed by atoms with Crippen molar-refractivity contribution >= 4 is 59.5 Å². The Hall–Kier alpha value is -3.67. The number of pyridine rings is 1. The van der Waals surface area contributed by atoms with Crippen molar-refractivity contribution in [2.45, 2.75) is 18.7 Å². The number of aryl methyl sites for hydroxylation is 2. The van der Waals surface area contributed by atoms with Gasteiger partial charge in [-0.25, -0.2) is 13.4 Å². The van der Waals surface area contributed by atoms with Crippen molar-refractivity contribution in [2.24, 2.45) is 0 Å². The molecule has 5 rings (SSSR count). The lowest BCUT2D eigenvalue weighted by Gasteiger charge is -2.06. The van der Waals surface area contributed by atoms with Crippen molar-refractivity contribution in [3.05, 3.63) is 81.7 Å². The molecule has 35 heavy (non-hydrogen) atoms. The van der Waals surface area contributed by atoms with Crippen molar-refractivity contribution in [1.29, 1.82) is 0 Å². The molecule has 0 atom stereocenters. The van der Waals surface area contributed by atoms with E-state index in [1.807, 2.05) is 43.3 Å². The molecule has 0 spiro atoms. The van der Waals surface area contributed by atoms with Crippen LogP contribution in [0.1, 0.15) is 25.8 Å². The van der Waals surface area contributed by atoms with Crippen LogP contribution in [0.4, 0.5) is 10.8 Å². The van der Waals surface area contributed by atoms with E-state index in [-0.39, 0.29) is 15.8 Å². The number of nitrogens with two attached hydrogens (primary N) is 1. The Morgan fingerprint density at radius 3 is 2.29 bits per heavy atom. The third-order valence-electron chi connectivity index (χ3n) is 5.32. The first-order valence-corrected chi connectivity index (χ1v) is 13.6. The fourth-order valence-corrected chi connectivity index (χ4v) is 6.36. The molecule has 0 fully saturated rings. The summed E-state index contributed by atoms with van der Waals surface area (Å²) < 4.78 is 27.6. The first-order chi connectivity index (χ1) is 16.7. The second kappa shape index (κ2) is 8.84. The molecule has 0 aliphatic carbocycles.